The van der Waals surface area contributed by atoms with Gasteiger partial charge in [0.25, 0.3) is 0 Å². The third kappa shape index (κ3) is 2.60. The smallest absolute Gasteiger partial charge is 0.131 e. The molecule has 1 aliphatic carbocycles. The van der Waals surface area contributed by atoms with Crippen LogP contribution in [0, 0.1) is 0 Å². The van der Waals surface area contributed by atoms with Crippen LogP contribution in [0.2, 0.25) is 0 Å². The average Bonchev–Trinajstić information content (AvgIpc) is 2.60. The van der Waals surface area contributed by atoms with Gasteiger partial charge in [0, 0.05) is 0 Å². The molecule has 0 spiro atoms. The van der Waals surface area contributed by atoms with Crippen molar-refractivity contribution >= 4 is 0 Å². The van der Waals surface area contributed by atoms with E-state index in [1.54, 1.807) is 12.1 Å². The largest absolute Gasteiger partial charge is 0.394 e. The normalized spacial score (nSPS) is 35.1. The number of hydrogen-bond donors (Lipinski definition) is 6. The van der Waals surface area contributed by atoms with E-state index < -0.39 is 42.0 Å². The number of rotatable bonds is 7. The predicted octanol–water partition coefficient (Wildman–Crippen LogP) is -0.540. The first-order valence-corrected chi connectivity index (χ1v) is 8.07. The molecule has 0 radical (unpaired) electrons. The van der Waals surface area contributed by atoms with Crippen LogP contribution in [-0.4, -0.2) is 66.8 Å². The molecule has 0 amide bonds. The van der Waals surface area contributed by atoms with E-state index in [9.17, 15) is 30.6 Å². The minimum absolute atomic E-state index is 0.00238. The second-order valence-electron chi connectivity index (χ2n) is 6.44. The van der Waals surface area contributed by atoms with Crippen molar-refractivity contribution in [2.45, 2.75) is 55.2 Å². The van der Waals surface area contributed by atoms with Gasteiger partial charge in [-0.2, -0.15) is 0 Å². The van der Waals surface area contributed by atoms with Gasteiger partial charge >= 0.3 is 0 Å². The highest BCUT2D eigenvalue weighted by molar-refractivity contribution is 5.40. The first kappa shape index (κ1) is 19.1. The van der Waals surface area contributed by atoms with Crippen LogP contribution >= 0.6 is 0 Å². The monoisotopic (exact) mass is 338 g/mol. The highest BCUT2D eigenvalue weighted by atomic mass is 16.4. The van der Waals surface area contributed by atoms with E-state index >= 15 is 0 Å². The molecule has 0 saturated heterocycles. The molecular weight excluding hydrogens is 312 g/mol. The Labute approximate surface area is 141 Å². The van der Waals surface area contributed by atoms with E-state index in [2.05, 4.69) is 6.58 Å². The van der Waals surface area contributed by atoms with Crippen molar-refractivity contribution in [2.24, 2.45) is 0 Å². The number of aliphatic hydroxyl groups is 6. The van der Waals surface area contributed by atoms with E-state index in [1.807, 2.05) is 19.1 Å². The Balaban J connectivity index is 2.50. The van der Waals surface area contributed by atoms with Gasteiger partial charge in [-0.1, -0.05) is 37.3 Å². The number of aryl methyl sites for hydroxylation is 1. The summed E-state index contributed by atoms with van der Waals surface area (Å²) in [6, 6.07) is 6.98. The maximum Gasteiger partial charge on any atom is 0.131 e. The minimum atomic E-state index is -2.17. The quantitative estimate of drug-likeness (QED) is 0.371. The highest BCUT2D eigenvalue weighted by Crippen LogP contribution is 2.57. The van der Waals surface area contributed by atoms with Gasteiger partial charge in [0.05, 0.1) is 18.6 Å². The summed E-state index contributed by atoms with van der Waals surface area (Å²) < 4.78 is 0. The Morgan fingerprint density at radius 1 is 1.12 bits per heavy atom. The Kier molecular flexibility index (Phi) is 5.49. The topological polar surface area (TPSA) is 121 Å². The molecule has 1 aromatic carbocycles. The van der Waals surface area contributed by atoms with E-state index in [1.165, 1.54) is 6.08 Å². The Morgan fingerprint density at radius 2 is 1.67 bits per heavy atom. The zero-order chi connectivity index (χ0) is 18.1. The molecule has 2 rings (SSSR count). The van der Waals surface area contributed by atoms with Crippen molar-refractivity contribution in [3.63, 3.8) is 0 Å². The number of benzene rings is 1. The van der Waals surface area contributed by atoms with Gasteiger partial charge in [0.2, 0.25) is 0 Å². The van der Waals surface area contributed by atoms with E-state index in [0.29, 0.717) is 5.56 Å². The Bertz CT molecular complexity index is 573. The maximum absolute atomic E-state index is 10.9. The molecule has 1 saturated carbocycles. The van der Waals surface area contributed by atoms with Crippen molar-refractivity contribution in [1.29, 1.82) is 0 Å². The van der Waals surface area contributed by atoms with Crippen molar-refractivity contribution < 1.29 is 30.6 Å². The molecular formula is C18H26O6. The Morgan fingerprint density at radius 3 is 2.12 bits per heavy atom. The first-order chi connectivity index (χ1) is 11.3. The van der Waals surface area contributed by atoms with Crippen LogP contribution in [-0.2, 0) is 6.42 Å². The lowest BCUT2D eigenvalue weighted by Gasteiger charge is -2.63. The van der Waals surface area contributed by atoms with Crippen LogP contribution in [0.1, 0.15) is 30.4 Å². The molecule has 2 unspecified atom stereocenters. The SMILES string of the molecule is C=CCC(O)[C@@]1(O)C(c2ccc(CC)cc2)[C@@](O)([C@H](O)CO)[C@@H]1O. The standard InChI is InChI=1S/C18H26O6/c1-3-5-13(20)17(23)15(12-8-6-11(4-2)7-9-12)18(24,16(17)22)14(21)10-19/h3,6-9,13-16,19-24H,1,4-5,10H2,2H3/t13?,14-,15?,16-,17-,18+/m1/s1. The fraction of sp³-hybridized carbons (Fsp3) is 0.556. The lowest BCUT2D eigenvalue weighted by molar-refractivity contribution is -0.341. The van der Waals surface area contributed by atoms with Gasteiger partial charge in [0.1, 0.15) is 23.4 Å². The van der Waals surface area contributed by atoms with Gasteiger partial charge in [-0.25, -0.2) is 0 Å². The molecule has 6 nitrogen and oxygen atoms in total. The second kappa shape index (κ2) is 6.92. The van der Waals surface area contributed by atoms with Gasteiger partial charge in [-0.15, -0.1) is 6.58 Å². The molecule has 24 heavy (non-hydrogen) atoms. The van der Waals surface area contributed by atoms with Crippen molar-refractivity contribution in [1.82, 2.24) is 0 Å². The van der Waals surface area contributed by atoms with Gasteiger partial charge in [0.15, 0.2) is 0 Å². The maximum atomic E-state index is 10.9. The van der Waals surface area contributed by atoms with Gasteiger partial charge in [-0.3, -0.25) is 0 Å². The summed E-state index contributed by atoms with van der Waals surface area (Å²) in [4.78, 5) is 0. The van der Waals surface area contributed by atoms with Crippen LogP contribution in [0.3, 0.4) is 0 Å². The molecule has 0 aromatic heterocycles. The van der Waals surface area contributed by atoms with E-state index in [0.717, 1.165) is 12.0 Å². The minimum Gasteiger partial charge on any atom is -0.394 e. The molecule has 1 aliphatic rings. The summed E-state index contributed by atoms with van der Waals surface area (Å²) in [5.74, 6) is -1.16. The van der Waals surface area contributed by atoms with Crippen LogP contribution < -0.4 is 0 Å². The summed E-state index contributed by atoms with van der Waals surface area (Å²) in [7, 11) is 0. The fourth-order valence-corrected chi connectivity index (χ4v) is 3.68. The lowest BCUT2D eigenvalue weighted by atomic mass is 9.49. The summed E-state index contributed by atoms with van der Waals surface area (Å²) in [6.07, 6.45) is -2.67. The molecule has 0 heterocycles. The van der Waals surface area contributed by atoms with Crippen LogP contribution in [0.25, 0.3) is 0 Å². The predicted molar refractivity (Wildman–Crippen MR) is 88.4 cm³/mol. The third-order valence-electron chi connectivity index (χ3n) is 5.15. The molecule has 6 N–H and O–H groups in total. The van der Waals surface area contributed by atoms with Crippen LogP contribution in [0.5, 0.6) is 0 Å². The van der Waals surface area contributed by atoms with E-state index in [4.69, 9.17) is 0 Å². The summed E-state index contributed by atoms with van der Waals surface area (Å²) in [5.41, 5.74) is -2.73. The van der Waals surface area contributed by atoms with Crippen molar-refractivity contribution in [2.75, 3.05) is 6.61 Å². The molecule has 6 atom stereocenters. The van der Waals surface area contributed by atoms with E-state index in [-0.39, 0.29) is 6.42 Å². The fourth-order valence-electron chi connectivity index (χ4n) is 3.68. The summed E-state index contributed by atoms with van der Waals surface area (Å²) in [6.45, 7) is 4.70. The molecule has 1 aromatic rings. The van der Waals surface area contributed by atoms with Crippen LogP contribution in [0.15, 0.2) is 36.9 Å². The zero-order valence-electron chi connectivity index (χ0n) is 13.7. The summed E-state index contributed by atoms with van der Waals surface area (Å²) >= 11 is 0. The molecule has 0 aliphatic heterocycles. The molecule has 6 heteroatoms. The van der Waals surface area contributed by atoms with Crippen LogP contribution in [0.4, 0.5) is 0 Å². The average molecular weight is 338 g/mol. The first-order valence-electron chi connectivity index (χ1n) is 8.07. The van der Waals surface area contributed by atoms with Crippen molar-refractivity contribution in [3.8, 4) is 0 Å². The highest BCUT2D eigenvalue weighted by Gasteiger charge is 2.75. The molecule has 1 fully saturated rings. The van der Waals surface area contributed by atoms with Crippen molar-refractivity contribution in [3.05, 3.63) is 48.0 Å². The second-order valence-corrected chi connectivity index (χ2v) is 6.44. The number of hydrogen-bond acceptors (Lipinski definition) is 6. The van der Waals surface area contributed by atoms with Gasteiger partial charge < -0.3 is 30.6 Å². The lowest BCUT2D eigenvalue weighted by Crippen LogP contribution is -2.83. The summed E-state index contributed by atoms with van der Waals surface area (Å²) in [5, 5.41) is 61.6. The van der Waals surface area contributed by atoms with Gasteiger partial charge in [-0.05, 0) is 24.0 Å². The molecule has 0 bridgehead atoms. The Hall–Kier alpha value is -1.28. The molecule has 134 valence electrons. The third-order valence-corrected chi connectivity index (χ3v) is 5.15. The number of aliphatic hydroxyl groups excluding tert-OH is 4. The zero-order valence-corrected chi connectivity index (χ0v) is 13.7.